The fraction of sp³-hybridized carbons (Fsp3) is 0.500. The van der Waals surface area contributed by atoms with Gasteiger partial charge in [-0.2, -0.15) is 4.98 Å². The van der Waals surface area contributed by atoms with Crippen LogP contribution in [0.15, 0.2) is 12.1 Å². The van der Waals surface area contributed by atoms with Gasteiger partial charge in [-0.05, 0) is 13.0 Å². The molecule has 4 N–H and O–H groups in total. The lowest BCUT2D eigenvalue weighted by atomic mass is 10.2. The number of hydrogen-bond acceptors (Lipinski definition) is 8. The fourth-order valence-corrected chi connectivity index (χ4v) is 3.17. The Morgan fingerprint density at radius 3 is 2.37 bits per heavy atom. The zero-order valence-electron chi connectivity index (χ0n) is 15.9. The number of amides is 1. The third kappa shape index (κ3) is 3.97. The molecule has 0 radical (unpaired) electrons. The molecule has 1 aliphatic rings. The van der Waals surface area contributed by atoms with Gasteiger partial charge in [0.25, 0.3) is 0 Å². The quantitative estimate of drug-likeness (QED) is 0.781. The number of nitrogens with zero attached hydrogens (tertiary/aromatic N) is 4. The highest BCUT2D eigenvalue weighted by Gasteiger charge is 2.24. The molecule has 9 heteroatoms. The van der Waals surface area contributed by atoms with E-state index in [2.05, 4.69) is 9.97 Å². The number of benzene rings is 1. The number of anilines is 2. The molecule has 1 saturated heterocycles. The predicted octanol–water partition coefficient (Wildman–Crippen LogP) is 0.615. The number of fused-ring (bicyclic) bond motifs is 1. The molecular weight excluding hydrogens is 348 g/mol. The molecule has 1 aromatic heterocycles. The molecule has 9 nitrogen and oxygen atoms in total. The van der Waals surface area contributed by atoms with E-state index in [1.165, 1.54) is 0 Å². The molecule has 2 heterocycles. The molecular formula is C18H26N6O3. The van der Waals surface area contributed by atoms with Crippen LogP contribution in [0.2, 0.25) is 0 Å². The average molecular weight is 374 g/mol. The molecule has 0 bridgehead atoms. The molecule has 0 aliphatic carbocycles. The van der Waals surface area contributed by atoms with Crippen molar-refractivity contribution in [3.8, 4) is 11.5 Å². The van der Waals surface area contributed by atoms with Crippen molar-refractivity contribution in [2.24, 2.45) is 5.73 Å². The molecule has 1 atom stereocenters. The number of piperazine rings is 1. The minimum atomic E-state index is -0.133. The van der Waals surface area contributed by atoms with Gasteiger partial charge < -0.3 is 30.7 Å². The Labute approximate surface area is 158 Å². The number of hydrogen-bond donors (Lipinski definition) is 2. The number of carbonyl (C=O) groups is 1. The first-order valence-electron chi connectivity index (χ1n) is 8.90. The van der Waals surface area contributed by atoms with Crippen LogP contribution in [0.1, 0.15) is 13.3 Å². The van der Waals surface area contributed by atoms with Crippen molar-refractivity contribution >= 4 is 28.6 Å². The van der Waals surface area contributed by atoms with Crippen LogP contribution in [-0.2, 0) is 4.79 Å². The van der Waals surface area contributed by atoms with Gasteiger partial charge in [0, 0.05) is 50.1 Å². The van der Waals surface area contributed by atoms with Crippen LogP contribution in [0.4, 0.5) is 11.8 Å². The Morgan fingerprint density at radius 2 is 1.78 bits per heavy atom. The van der Waals surface area contributed by atoms with Gasteiger partial charge in [0.1, 0.15) is 5.82 Å². The molecule has 3 rings (SSSR count). The highest BCUT2D eigenvalue weighted by Crippen LogP contribution is 2.34. The van der Waals surface area contributed by atoms with Crippen LogP contribution >= 0.6 is 0 Å². The zero-order chi connectivity index (χ0) is 19.6. The lowest BCUT2D eigenvalue weighted by Crippen LogP contribution is -2.50. The highest BCUT2D eigenvalue weighted by molar-refractivity contribution is 5.91. The van der Waals surface area contributed by atoms with E-state index in [1.54, 1.807) is 26.4 Å². The third-order valence-corrected chi connectivity index (χ3v) is 4.63. The Morgan fingerprint density at radius 1 is 1.15 bits per heavy atom. The SMILES string of the molecule is COc1cc2nc(N3CCN(C(=O)CC(C)N)CC3)nc(N)c2cc1OC. The van der Waals surface area contributed by atoms with Gasteiger partial charge in [0.15, 0.2) is 11.5 Å². The second-order valence-corrected chi connectivity index (χ2v) is 6.68. The van der Waals surface area contributed by atoms with Crippen LogP contribution < -0.4 is 25.8 Å². The second-order valence-electron chi connectivity index (χ2n) is 6.68. The van der Waals surface area contributed by atoms with Gasteiger partial charge in [-0.15, -0.1) is 0 Å². The summed E-state index contributed by atoms with van der Waals surface area (Å²) in [5, 5.41) is 0.710. The lowest BCUT2D eigenvalue weighted by molar-refractivity contribution is -0.131. The molecule has 0 spiro atoms. The van der Waals surface area contributed by atoms with E-state index in [-0.39, 0.29) is 11.9 Å². The van der Waals surface area contributed by atoms with Crippen LogP contribution in [0, 0.1) is 0 Å². The Kier molecular flexibility index (Phi) is 5.50. The molecule has 27 heavy (non-hydrogen) atoms. The van der Waals surface area contributed by atoms with E-state index in [0.717, 1.165) is 0 Å². The summed E-state index contributed by atoms with van der Waals surface area (Å²) in [6.45, 7) is 4.34. The molecule has 1 aromatic carbocycles. The van der Waals surface area contributed by atoms with Gasteiger partial charge in [-0.1, -0.05) is 0 Å². The van der Waals surface area contributed by atoms with Crippen LogP contribution in [0.3, 0.4) is 0 Å². The molecule has 1 aliphatic heterocycles. The first kappa shape index (κ1) is 19.0. The van der Waals surface area contributed by atoms with E-state index < -0.39 is 0 Å². The van der Waals surface area contributed by atoms with Gasteiger partial charge in [-0.25, -0.2) is 4.98 Å². The first-order chi connectivity index (χ1) is 12.9. The molecule has 146 valence electrons. The maximum absolute atomic E-state index is 12.2. The van der Waals surface area contributed by atoms with Crippen molar-refractivity contribution in [1.82, 2.24) is 14.9 Å². The van der Waals surface area contributed by atoms with E-state index in [9.17, 15) is 4.79 Å². The summed E-state index contributed by atoms with van der Waals surface area (Å²) >= 11 is 0. The van der Waals surface area contributed by atoms with Crippen LogP contribution in [0.25, 0.3) is 10.9 Å². The van der Waals surface area contributed by atoms with Crippen molar-refractivity contribution in [2.75, 3.05) is 51.0 Å². The average Bonchev–Trinajstić information content (AvgIpc) is 2.66. The zero-order valence-corrected chi connectivity index (χ0v) is 15.9. The normalized spacial score (nSPS) is 15.7. The van der Waals surface area contributed by atoms with Crippen molar-refractivity contribution in [2.45, 2.75) is 19.4 Å². The predicted molar refractivity (Wildman–Crippen MR) is 104 cm³/mol. The van der Waals surface area contributed by atoms with E-state index in [4.69, 9.17) is 20.9 Å². The number of methoxy groups -OCH3 is 2. The minimum absolute atomic E-state index is 0.0837. The summed E-state index contributed by atoms with van der Waals surface area (Å²) in [6.07, 6.45) is 0.362. The molecule has 2 aromatic rings. The summed E-state index contributed by atoms with van der Waals surface area (Å²) in [7, 11) is 3.15. The molecule has 1 fully saturated rings. The van der Waals surface area contributed by atoms with Crippen molar-refractivity contribution in [3.05, 3.63) is 12.1 Å². The summed E-state index contributed by atoms with van der Waals surface area (Å²) in [6, 6.07) is 3.43. The number of rotatable bonds is 5. The topological polar surface area (TPSA) is 120 Å². The Balaban J connectivity index is 1.81. The Hall–Kier alpha value is -2.81. The summed E-state index contributed by atoms with van der Waals surface area (Å²) < 4.78 is 10.7. The van der Waals surface area contributed by atoms with Gasteiger partial charge in [0.05, 0.1) is 19.7 Å². The molecule has 1 unspecified atom stereocenters. The fourth-order valence-electron chi connectivity index (χ4n) is 3.17. The Bertz CT molecular complexity index is 833. The summed E-state index contributed by atoms with van der Waals surface area (Å²) in [5.74, 6) is 2.17. The largest absolute Gasteiger partial charge is 0.493 e. The van der Waals surface area contributed by atoms with Crippen LogP contribution in [0.5, 0.6) is 11.5 Å². The smallest absolute Gasteiger partial charge is 0.228 e. The number of nitrogen functional groups attached to an aromatic ring is 1. The van der Waals surface area contributed by atoms with Crippen molar-refractivity contribution < 1.29 is 14.3 Å². The number of nitrogens with two attached hydrogens (primary N) is 2. The van der Waals surface area contributed by atoms with E-state index >= 15 is 0 Å². The third-order valence-electron chi connectivity index (χ3n) is 4.63. The van der Waals surface area contributed by atoms with Gasteiger partial charge >= 0.3 is 0 Å². The molecule has 1 amide bonds. The van der Waals surface area contributed by atoms with E-state index in [1.807, 2.05) is 16.7 Å². The number of carbonyl (C=O) groups excluding carboxylic acids is 1. The summed E-state index contributed by atoms with van der Waals surface area (Å²) in [4.78, 5) is 25.1. The minimum Gasteiger partial charge on any atom is -0.493 e. The summed E-state index contributed by atoms with van der Waals surface area (Å²) in [5.41, 5.74) is 12.6. The van der Waals surface area contributed by atoms with Gasteiger partial charge in [-0.3, -0.25) is 4.79 Å². The standard InChI is InChI=1S/C18H26N6O3/c1-11(19)8-16(25)23-4-6-24(7-5-23)18-21-13-10-15(27-3)14(26-2)9-12(13)17(20)22-18/h9-11H,4-8,19H2,1-3H3,(H2,20,21,22). The van der Waals surface area contributed by atoms with Crippen LogP contribution in [-0.4, -0.2) is 67.2 Å². The van der Waals surface area contributed by atoms with Gasteiger partial charge in [0.2, 0.25) is 11.9 Å². The maximum atomic E-state index is 12.2. The highest BCUT2D eigenvalue weighted by atomic mass is 16.5. The first-order valence-corrected chi connectivity index (χ1v) is 8.90. The molecule has 0 saturated carbocycles. The second kappa shape index (κ2) is 7.83. The number of aromatic nitrogens is 2. The van der Waals surface area contributed by atoms with Crippen molar-refractivity contribution in [3.63, 3.8) is 0 Å². The van der Waals surface area contributed by atoms with E-state index in [0.29, 0.717) is 66.8 Å². The van der Waals surface area contributed by atoms with Crippen molar-refractivity contribution in [1.29, 1.82) is 0 Å². The monoisotopic (exact) mass is 374 g/mol. The maximum Gasteiger partial charge on any atom is 0.228 e. The lowest BCUT2D eigenvalue weighted by Gasteiger charge is -2.35. The number of ether oxygens (including phenoxy) is 2.